The summed E-state index contributed by atoms with van der Waals surface area (Å²) in [6.45, 7) is 5.06. The lowest BCUT2D eigenvalue weighted by Gasteiger charge is -2.18. The van der Waals surface area contributed by atoms with Gasteiger partial charge in [0, 0.05) is 30.3 Å². The second-order valence-electron chi connectivity index (χ2n) is 6.09. The van der Waals surface area contributed by atoms with Crippen LogP contribution in [0, 0.1) is 11.8 Å². The van der Waals surface area contributed by atoms with Crippen molar-refractivity contribution < 1.29 is 9.90 Å². The molecule has 0 bridgehead atoms. The zero-order valence-electron chi connectivity index (χ0n) is 13.2. The van der Waals surface area contributed by atoms with Crippen molar-refractivity contribution in [2.24, 2.45) is 11.8 Å². The zero-order valence-corrected chi connectivity index (χ0v) is 13.2. The number of hydrogen-bond acceptors (Lipinski definition) is 3. The fourth-order valence-electron chi connectivity index (χ4n) is 2.79. The molecule has 0 aliphatic heterocycles. The van der Waals surface area contributed by atoms with Crippen LogP contribution in [0.5, 0.6) is 0 Å². The number of nitrogens with one attached hydrogen (secondary N) is 1. The number of aromatic nitrogens is 1. The third kappa shape index (κ3) is 4.28. The van der Waals surface area contributed by atoms with Gasteiger partial charge in [0.05, 0.1) is 5.52 Å². The summed E-state index contributed by atoms with van der Waals surface area (Å²) in [7, 11) is 0. The monoisotopic (exact) mass is 300 g/mol. The van der Waals surface area contributed by atoms with E-state index in [2.05, 4.69) is 24.1 Å². The molecule has 22 heavy (non-hydrogen) atoms. The molecule has 1 atom stereocenters. The van der Waals surface area contributed by atoms with Crippen LogP contribution < -0.4 is 5.32 Å². The van der Waals surface area contributed by atoms with Crippen LogP contribution in [0.25, 0.3) is 10.9 Å². The lowest BCUT2D eigenvalue weighted by molar-refractivity contribution is 0.0943. The fourth-order valence-corrected chi connectivity index (χ4v) is 2.79. The summed E-state index contributed by atoms with van der Waals surface area (Å²) in [5.74, 6) is 0.780. The molecule has 1 amide bonds. The van der Waals surface area contributed by atoms with E-state index in [1.807, 2.05) is 30.3 Å². The molecule has 2 aromatic rings. The van der Waals surface area contributed by atoms with Crippen molar-refractivity contribution in [3.05, 3.63) is 42.1 Å². The summed E-state index contributed by atoms with van der Waals surface area (Å²) in [5.41, 5.74) is 1.47. The second kappa shape index (κ2) is 7.90. The van der Waals surface area contributed by atoms with E-state index >= 15 is 0 Å². The van der Waals surface area contributed by atoms with Crippen molar-refractivity contribution >= 4 is 16.8 Å². The number of fused-ring (bicyclic) bond motifs is 1. The Morgan fingerprint density at radius 1 is 1.27 bits per heavy atom. The standard InChI is InChI=1S/C18H24N2O2/c1-13(2)11-14(8-10-21)12-20-18(22)16-5-3-7-17-15(16)6-4-9-19-17/h3-7,9,13-14,21H,8,10-12H2,1-2H3,(H,20,22). The zero-order chi connectivity index (χ0) is 15.9. The van der Waals surface area contributed by atoms with Gasteiger partial charge >= 0.3 is 0 Å². The maximum atomic E-state index is 12.5. The number of pyridine rings is 1. The first-order valence-electron chi connectivity index (χ1n) is 7.84. The largest absolute Gasteiger partial charge is 0.396 e. The van der Waals surface area contributed by atoms with Gasteiger partial charge in [-0.1, -0.05) is 26.0 Å². The molecule has 0 aliphatic rings. The molecule has 2 N–H and O–H groups in total. The third-order valence-electron chi connectivity index (χ3n) is 3.78. The molecule has 1 heterocycles. The molecule has 118 valence electrons. The molecule has 1 aromatic carbocycles. The molecule has 0 radical (unpaired) electrons. The van der Waals surface area contributed by atoms with Gasteiger partial charge in [-0.15, -0.1) is 0 Å². The van der Waals surface area contributed by atoms with Gasteiger partial charge in [0.1, 0.15) is 0 Å². The first-order chi connectivity index (χ1) is 10.6. The van der Waals surface area contributed by atoms with Crippen LogP contribution in [0.15, 0.2) is 36.5 Å². The minimum atomic E-state index is -0.0784. The molecule has 1 unspecified atom stereocenters. The molecule has 0 saturated heterocycles. The van der Waals surface area contributed by atoms with Crippen LogP contribution in [0.1, 0.15) is 37.0 Å². The highest BCUT2D eigenvalue weighted by Crippen LogP contribution is 2.17. The fraction of sp³-hybridized carbons (Fsp3) is 0.444. The van der Waals surface area contributed by atoms with Gasteiger partial charge in [0.15, 0.2) is 0 Å². The molecule has 0 aliphatic carbocycles. The topological polar surface area (TPSA) is 62.2 Å². The molecule has 0 fully saturated rings. The highest BCUT2D eigenvalue weighted by atomic mass is 16.3. The van der Waals surface area contributed by atoms with Gasteiger partial charge in [-0.2, -0.15) is 0 Å². The van der Waals surface area contributed by atoms with Crippen molar-refractivity contribution in [1.82, 2.24) is 10.3 Å². The molecule has 0 spiro atoms. The maximum Gasteiger partial charge on any atom is 0.251 e. The summed E-state index contributed by atoms with van der Waals surface area (Å²) in [5, 5.41) is 13.0. The summed E-state index contributed by atoms with van der Waals surface area (Å²) in [6, 6.07) is 9.33. The normalized spacial score (nSPS) is 12.5. The molecule has 2 rings (SSSR count). The maximum absolute atomic E-state index is 12.5. The van der Waals surface area contributed by atoms with E-state index in [-0.39, 0.29) is 12.5 Å². The number of hydrogen-bond donors (Lipinski definition) is 2. The molecule has 1 aromatic heterocycles. The minimum absolute atomic E-state index is 0.0784. The Hall–Kier alpha value is -1.94. The predicted octanol–water partition coefficient (Wildman–Crippen LogP) is 3.01. The van der Waals surface area contributed by atoms with Gasteiger partial charge < -0.3 is 10.4 Å². The van der Waals surface area contributed by atoms with Crippen LogP contribution in [0.3, 0.4) is 0 Å². The van der Waals surface area contributed by atoms with Gasteiger partial charge in [0.2, 0.25) is 0 Å². The first kappa shape index (κ1) is 16.4. The first-order valence-corrected chi connectivity index (χ1v) is 7.84. The number of carbonyl (C=O) groups excluding carboxylic acids is 1. The van der Waals surface area contributed by atoms with E-state index in [4.69, 9.17) is 5.11 Å². The van der Waals surface area contributed by atoms with E-state index < -0.39 is 0 Å². The van der Waals surface area contributed by atoms with Crippen molar-refractivity contribution in [3.63, 3.8) is 0 Å². The smallest absolute Gasteiger partial charge is 0.251 e. The summed E-state index contributed by atoms with van der Waals surface area (Å²) < 4.78 is 0. The van der Waals surface area contributed by atoms with E-state index in [1.165, 1.54) is 0 Å². The van der Waals surface area contributed by atoms with Gasteiger partial charge in [-0.25, -0.2) is 0 Å². The summed E-state index contributed by atoms with van der Waals surface area (Å²) in [6.07, 6.45) is 3.44. The van der Waals surface area contributed by atoms with E-state index in [1.54, 1.807) is 6.20 Å². The Morgan fingerprint density at radius 2 is 2.09 bits per heavy atom. The van der Waals surface area contributed by atoms with Gasteiger partial charge in [-0.3, -0.25) is 9.78 Å². The Balaban J connectivity index is 2.07. The Morgan fingerprint density at radius 3 is 2.82 bits per heavy atom. The lowest BCUT2D eigenvalue weighted by Crippen LogP contribution is -2.30. The Kier molecular flexibility index (Phi) is 5.90. The van der Waals surface area contributed by atoms with Crippen molar-refractivity contribution in [3.8, 4) is 0 Å². The SMILES string of the molecule is CC(C)CC(CCO)CNC(=O)c1cccc2ncccc12. The van der Waals surface area contributed by atoms with Crippen molar-refractivity contribution in [1.29, 1.82) is 0 Å². The number of carbonyl (C=O) groups is 1. The molecule has 0 saturated carbocycles. The number of amides is 1. The van der Waals surface area contributed by atoms with Gasteiger partial charge in [-0.05, 0) is 42.9 Å². The quantitative estimate of drug-likeness (QED) is 0.826. The van der Waals surface area contributed by atoms with Crippen LogP contribution in [0.2, 0.25) is 0 Å². The van der Waals surface area contributed by atoms with E-state index in [9.17, 15) is 4.79 Å². The van der Waals surface area contributed by atoms with Crippen LogP contribution in [-0.2, 0) is 0 Å². The molecular formula is C18H24N2O2. The average molecular weight is 300 g/mol. The second-order valence-corrected chi connectivity index (χ2v) is 6.09. The number of aliphatic hydroxyl groups is 1. The number of aliphatic hydroxyl groups excluding tert-OH is 1. The molecule has 4 nitrogen and oxygen atoms in total. The highest BCUT2D eigenvalue weighted by molar-refractivity contribution is 6.06. The Bertz CT molecular complexity index is 620. The number of benzene rings is 1. The third-order valence-corrected chi connectivity index (χ3v) is 3.78. The van der Waals surface area contributed by atoms with Crippen LogP contribution in [0.4, 0.5) is 0 Å². The number of rotatable bonds is 7. The van der Waals surface area contributed by atoms with Crippen LogP contribution >= 0.6 is 0 Å². The van der Waals surface area contributed by atoms with Crippen molar-refractivity contribution in [2.75, 3.05) is 13.2 Å². The van der Waals surface area contributed by atoms with Crippen molar-refractivity contribution in [2.45, 2.75) is 26.7 Å². The number of nitrogens with zero attached hydrogens (tertiary/aromatic N) is 1. The predicted molar refractivity (Wildman–Crippen MR) is 88.7 cm³/mol. The van der Waals surface area contributed by atoms with Gasteiger partial charge in [0.25, 0.3) is 5.91 Å². The minimum Gasteiger partial charge on any atom is -0.396 e. The van der Waals surface area contributed by atoms with E-state index in [0.717, 1.165) is 23.7 Å². The summed E-state index contributed by atoms with van der Waals surface area (Å²) in [4.78, 5) is 16.7. The Labute approximate surface area is 131 Å². The summed E-state index contributed by atoms with van der Waals surface area (Å²) >= 11 is 0. The van der Waals surface area contributed by atoms with Crippen LogP contribution in [-0.4, -0.2) is 29.1 Å². The molecule has 4 heteroatoms. The van der Waals surface area contributed by atoms with E-state index in [0.29, 0.717) is 23.9 Å². The average Bonchev–Trinajstić information content (AvgIpc) is 2.51. The molecular weight excluding hydrogens is 276 g/mol. The lowest BCUT2D eigenvalue weighted by atomic mass is 9.94. The highest BCUT2D eigenvalue weighted by Gasteiger charge is 2.14.